The van der Waals surface area contributed by atoms with Crippen LogP contribution in [0.1, 0.15) is 17.4 Å². The van der Waals surface area contributed by atoms with E-state index in [1.165, 1.54) is 0 Å². The van der Waals surface area contributed by atoms with E-state index < -0.39 is 0 Å². The molecule has 2 aromatic rings. The summed E-state index contributed by atoms with van der Waals surface area (Å²) < 4.78 is 6.82. The summed E-state index contributed by atoms with van der Waals surface area (Å²) in [6.07, 6.45) is 5.33. The van der Waals surface area contributed by atoms with Crippen LogP contribution in [0.2, 0.25) is 0 Å². The van der Waals surface area contributed by atoms with E-state index in [2.05, 4.69) is 5.92 Å². The van der Waals surface area contributed by atoms with Gasteiger partial charge in [0.2, 0.25) is 0 Å². The van der Waals surface area contributed by atoms with Crippen LogP contribution in [0.3, 0.4) is 0 Å². The van der Waals surface area contributed by atoms with E-state index in [-0.39, 0.29) is 5.97 Å². The molecule has 86 valence electrons. The molecule has 1 aromatic carbocycles. The molecule has 0 fully saturated rings. The number of para-hydroxylation sites is 1. The molecule has 0 radical (unpaired) electrons. The van der Waals surface area contributed by atoms with E-state index in [9.17, 15) is 4.79 Å². The van der Waals surface area contributed by atoms with E-state index in [0.717, 1.165) is 10.9 Å². The highest BCUT2D eigenvalue weighted by Gasteiger charge is 2.15. The van der Waals surface area contributed by atoms with Crippen molar-refractivity contribution in [2.75, 3.05) is 6.61 Å². The number of aromatic nitrogens is 1. The average molecular weight is 227 g/mol. The fourth-order valence-electron chi connectivity index (χ4n) is 1.85. The Kier molecular flexibility index (Phi) is 3.15. The molecule has 17 heavy (non-hydrogen) atoms. The van der Waals surface area contributed by atoms with Gasteiger partial charge < -0.3 is 9.30 Å². The zero-order chi connectivity index (χ0) is 12.3. The van der Waals surface area contributed by atoms with Gasteiger partial charge in [-0.05, 0) is 19.1 Å². The van der Waals surface area contributed by atoms with Crippen LogP contribution < -0.4 is 0 Å². The maximum absolute atomic E-state index is 11.8. The standard InChI is InChI=1S/C14H13NO2/c1-3-9-15-12-8-6-5-7-11(12)10-13(15)14(16)17-4-2/h1,5-8,10H,4,9H2,2H3. The Balaban J connectivity index is 2.58. The highest BCUT2D eigenvalue weighted by atomic mass is 16.5. The van der Waals surface area contributed by atoms with Crippen LogP contribution in [0.4, 0.5) is 0 Å². The molecule has 0 unspecified atom stereocenters. The van der Waals surface area contributed by atoms with Crippen LogP contribution in [0.5, 0.6) is 0 Å². The maximum atomic E-state index is 11.8. The van der Waals surface area contributed by atoms with E-state index in [4.69, 9.17) is 11.2 Å². The van der Waals surface area contributed by atoms with Crippen molar-refractivity contribution in [2.45, 2.75) is 13.5 Å². The van der Waals surface area contributed by atoms with Crippen LogP contribution in [0, 0.1) is 12.3 Å². The smallest absolute Gasteiger partial charge is 0.355 e. The van der Waals surface area contributed by atoms with Gasteiger partial charge in [-0.2, -0.15) is 0 Å². The molecule has 0 N–H and O–H groups in total. The Morgan fingerprint density at radius 3 is 2.94 bits per heavy atom. The Hall–Kier alpha value is -2.21. The Bertz CT molecular complexity index is 590. The van der Waals surface area contributed by atoms with Gasteiger partial charge in [0.1, 0.15) is 5.69 Å². The normalized spacial score (nSPS) is 10.1. The first-order chi connectivity index (χ1) is 8.27. The average Bonchev–Trinajstić information content (AvgIpc) is 2.70. The van der Waals surface area contributed by atoms with Gasteiger partial charge in [0.05, 0.1) is 13.2 Å². The topological polar surface area (TPSA) is 31.2 Å². The molecule has 0 spiro atoms. The number of rotatable bonds is 3. The number of nitrogens with zero attached hydrogens (tertiary/aromatic N) is 1. The SMILES string of the molecule is C#CCn1c(C(=O)OCC)cc2ccccc21. The molecule has 0 amide bonds. The largest absolute Gasteiger partial charge is 0.461 e. The van der Waals surface area contributed by atoms with E-state index in [0.29, 0.717) is 18.8 Å². The molecular weight excluding hydrogens is 214 g/mol. The number of ether oxygens (including phenoxy) is 1. The van der Waals surface area contributed by atoms with E-state index >= 15 is 0 Å². The second-order valence-electron chi connectivity index (χ2n) is 3.60. The van der Waals surface area contributed by atoms with Crippen molar-refractivity contribution in [3.8, 4) is 12.3 Å². The molecule has 0 atom stereocenters. The van der Waals surface area contributed by atoms with Gasteiger partial charge in [-0.3, -0.25) is 0 Å². The van der Waals surface area contributed by atoms with Crippen molar-refractivity contribution >= 4 is 16.9 Å². The molecular formula is C14H13NO2. The van der Waals surface area contributed by atoms with Crippen LogP contribution in [-0.2, 0) is 11.3 Å². The first kappa shape index (κ1) is 11.3. The maximum Gasteiger partial charge on any atom is 0.355 e. The number of benzene rings is 1. The number of carbonyl (C=O) groups is 1. The summed E-state index contributed by atoms with van der Waals surface area (Å²) in [6, 6.07) is 9.55. The zero-order valence-electron chi connectivity index (χ0n) is 9.64. The second kappa shape index (κ2) is 4.75. The van der Waals surface area contributed by atoms with Gasteiger partial charge in [-0.15, -0.1) is 6.42 Å². The molecule has 3 heteroatoms. The summed E-state index contributed by atoms with van der Waals surface area (Å²) in [5.74, 6) is 2.22. The van der Waals surface area contributed by atoms with Crippen LogP contribution in [-0.4, -0.2) is 17.1 Å². The molecule has 1 heterocycles. The van der Waals surface area contributed by atoms with Crippen molar-refractivity contribution < 1.29 is 9.53 Å². The molecule has 0 saturated heterocycles. The van der Waals surface area contributed by atoms with Crippen LogP contribution in [0.25, 0.3) is 10.9 Å². The van der Waals surface area contributed by atoms with E-state index in [1.54, 1.807) is 11.5 Å². The van der Waals surface area contributed by atoms with Gasteiger partial charge in [-0.1, -0.05) is 24.1 Å². The Morgan fingerprint density at radius 1 is 1.47 bits per heavy atom. The monoisotopic (exact) mass is 227 g/mol. The molecule has 2 rings (SSSR count). The van der Waals surface area contributed by atoms with Crippen LogP contribution >= 0.6 is 0 Å². The summed E-state index contributed by atoms with van der Waals surface area (Å²) in [7, 11) is 0. The summed E-state index contributed by atoms with van der Waals surface area (Å²) >= 11 is 0. The third-order valence-corrected chi connectivity index (χ3v) is 2.54. The lowest BCUT2D eigenvalue weighted by molar-refractivity contribution is 0.0515. The molecule has 3 nitrogen and oxygen atoms in total. The number of terminal acetylenes is 1. The van der Waals surface area contributed by atoms with Crippen molar-refractivity contribution in [2.24, 2.45) is 0 Å². The summed E-state index contributed by atoms with van der Waals surface area (Å²) in [5.41, 5.74) is 1.46. The highest BCUT2D eigenvalue weighted by Crippen LogP contribution is 2.20. The minimum Gasteiger partial charge on any atom is -0.461 e. The number of hydrogen-bond donors (Lipinski definition) is 0. The van der Waals surface area contributed by atoms with Gasteiger partial charge >= 0.3 is 5.97 Å². The lowest BCUT2D eigenvalue weighted by Crippen LogP contribution is -2.11. The first-order valence-corrected chi connectivity index (χ1v) is 5.46. The minimum atomic E-state index is -0.334. The Morgan fingerprint density at radius 2 is 2.24 bits per heavy atom. The molecule has 0 aliphatic rings. The van der Waals surface area contributed by atoms with Gasteiger partial charge in [0, 0.05) is 10.9 Å². The van der Waals surface area contributed by atoms with Crippen molar-refractivity contribution in [3.05, 3.63) is 36.0 Å². The lowest BCUT2D eigenvalue weighted by Gasteiger charge is -2.06. The van der Waals surface area contributed by atoms with Crippen molar-refractivity contribution in [1.82, 2.24) is 4.57 Å². The third-order valence-electron chi connectivity index (χ3n) is 2.54. The van der Waals surface area contributed by atoms with E-state index in [1.807, 2.05) is 30.3 Å². The fourth-order valence-corrected chi connectivity index (χ4v) is 1.85. The predicted octanol–water partition coefficient (Wildman–Crippen LogP) is 2.45. The van der Waals surface area contributed by atoms with Crippen molar-refractivity contribution in [3.63, 3.8) is 0 Å². The molecule has 1 aromatic heterocycles. The molecule has 0 aliphatic carbocycles. The number of fused-ring (bicyclic) bond motifs is 1. The van der Waals surface area contributed by atoms with Gasteiger partial charge in [-0.25, -0.2) is 4.79 Å². The summed E-state index contributed by atoms with van der Waals surface area (Å²) in [4.78, 5) is 11.8. The van der Waals surface area contributed by atoms with Crippen LogP contribution in [0.15, 0.2) is 30.3 Å². The number of carbonyl (C=O) groups excluding carboxylic acids is 1. The third kappa shape index (κ3) is 2.02. The fraction of sp³-hybridized carbons (Fsp3) is 0.214. The second-order valence-corrected chi connectivity index (χ2v) is 3.60. The predicted molar refractivity (Wildman–Crippen MR) is 66.7 cm³/mol. The summed E-state index contributed by atoms with van der Waals surface area (Å²) in [5, 5.41) is 0.991. The Labute approximate surface area is 100.0 Å². The molecule has 0 bridgehead atoms. The molecule has 0 saturated carbocycles. The van der Waals surface area contributed by atoms with Gasteiger partial charge in [0.15, 0.2) is 0 Å². The quantitative estimate of drug-likeness (QED) is 0.595. The first-order valence-electron chi connectivity index (χ1n) is 5.46. The molecule has 0 aliphatic heterocycles. The zero-order valence-corrected chi connectivity index (χ0v) is 9.64. The highest BCUT2D eigenvalue weighted by molar-refractivity contribution is 5.95. The lowest BCUT2D eigenvalue weighted by atomic mass is 10.2. The van der Waals surface area contributed by atoms with Gasteiger partial charge in [0.25, 0.3) is 0 Å². The number of esters is 1. The van der Waals surface area contributed by atoms with Crippen molar-refractivity contribution in [1.29, 1.82) is 0 Å². The minimum absolute atomic E-state index is 0.334. The number of hydrogen-bond acceptors (Lipinski definition) is 2. The summed E-state index contributed by atoms with van der Waals surface area (Å²) in [6.45, 7) is 2.50.